The second kappa shape index (κ2) is 12.5. The Morgan fingerprint density at radius 1 is 1.02 bits per heavy atom. The molecule has 0 bridgehead atoms. The Morgan fingerprint density at radius 3 is 2.44 bits per heavy atom. The Labute approximate surface area is 264 Å². The number of carbonyl (C=O) groups is 3. The van der Waals surface area contributed by atoms with Crippen molar-refractivity contribution in [2.45, 2.75) is 107 Å². The molecular formula is C34H45NO10. The van der Waals surface area contributed by atoms with E-state index < -0.39 is 35.7 Å². The average molecular weight is 628 g/mol. The maximum atomic E-state index is 14.0. The third-order valence-electron chi connectivity index (χ3n) is 10.3. The smallest absolute Gasteiger partial charge is 0.339 e. The van der Waals surface area contributed by atoms with Crippen LogP contribution in [0.2, 0.25) is 0 Å². The number of rotatable bonds is 11. The molecule has 3 heterocycles. The highest BCUT2D eigenvalue weighted by Gasteiger charge is 2.55. The van der Waals surface area contributed by atoms with Gasteiger partial charge in [0.15, 0.2) is 23.2 Å². The predicted molar refractivity (Wildman–Crippen MR) is 160 cm³/mol. The molecule has 3 aliphatic heterocycles. The van der Waals surface area contributed by atoms with Gasteiger partial charge < -0.3 is 33.5 Å². The number of nitrogens with zero attached hydrogens (tertiary/aromatic N) is 1. The van der Waals surface area contributed by atoms with Gasteiger partial charge in [0, 0.05) is 25.0 Å². The molecule has 1 aromatic carbocycles. The first-order valence-corrected chi connectivity index (χ1v) is 16.2. The topological polar surface area (TPSA) is 130 Å². The van der Waals surface area contributed by atoms with E-state index in [1.807, 2.05) is 26.0 Å². The fourth-order valence-corrected chi connectivity index (χ4v) is 7.92. The molecule has 0 radical (unpaired) electrons. The van der Waals surface area contributed by atoms with E-state index in [1.165, 1.54) is 7.11 Å². The molecule has 1 saturated heterocycles. The molecule has 2 aliphatic carbocycles. The van der Waals surface area contributed by atoms with Crippen LogP contribution >= 0.6 is 0 Å². The molecule has 1 saturated carbocycles. The van der Waals surface area contributed by atoms with Crippen LogP contribution in [0, 0.1) is 5.92 Å². The van der Waals surface area contributed by atoms with E-state index in [4.69, 9.17) is 28.4 Å². The molecule has 11 nitrogen and oxygen atoms in total. The Morgan fingerprint density at radius 2 is 1.73 bits per heavy atom. The summed E-state index contributed by atoms with van der Waals surface area (Å²) in [4.78, 5) is 41.5. The zero-order chi connectivity index (χ0) is 31.9. The largest absolute Gasteiger partial charge is 0.497 e. The molecule has 4 atom stereocenters. The molecule has 1 aromatic rings. The Bertz CT molecular complexity index is 1360. The molecule has 6 rings (SSSR count). The van der Waals surface area contributed by atoms with E-state index in [2.05, 4.69) is 4.90 Å². The number of fused-ring (bicyclic) bond motifs is 3. The van der Waals surface area contributed by atoms with Gasteiger partial charge in [0.25, 0.3) is 0 Å². The van der Waals surface area contributed by atoms with Crippen molar-refractivity contribution in [3.63, 3.8) is 0 Å². The highest BCUT2D eigenvalue weighted by atomic mass is 16.7. The van der Waals surface area contributed by atoms with Crippen molar-refractivity contribution in [1.29, 1.82) is 0 Å². The monoisotopic (exact) mass is 627 g/mol. The number of benzene rings is 1. The Balaban J connectivity index is 1.23. The lowest BCUT2D eigenvalue weighted by molar-refractivity contribution is -0.178. The van der Waals surface area contributed by atoms with Gasteiger partial charge in [-0.25, -0.2) is 4.79 Å². The van der Waals surface area contributed by atoms with E-state index in [9.17, 15) is 19.5 Å². The van der Waals surface area contributed by atoms with Gasteiger partial charge >= 0.3 is 17.9 Å². The molecule has 1 N–H and O–H groups in total. The van der Waals surface area contributed by atoms with Gasteiger partial charge in [0.2, 0.25) is 6.79 Å². The van der Waals surface area contributed by atoms with Crippen LogP contribution in [-0.4, -0.2) is 85.4 Å². The summed E-state index contributed by atoms with van der Waals surface area (Å²) in [7, 11) is 2.79. The molecule has 0 aromatic heterocycles. The highest BCUT2D eigenvalue weighted by molar-refractivity contribution is 5.86. The number of ether oxygens (including phenoxy) is 6. The molecule has 0 amide bonds. The molecule has 246 valence electrons. The third-order valence-corrected chi connectivity index (χ3v) is 10.3. The number of hydrogen-bond donors (Lipinski definition) is 1. The van der Waals surface area contributed by atoms with E-state index in [0.29, 0.717) is 30.1 Å². The number of hydrogen-bond acceptors (Lipinski definition) is 11. The zero-order valence-electron chi connectivity index (χ0n) is 26.7. The number of methoxy groups -OCH3 is 2. The lowest BCUT2D eigenvalue weighted by Gasteiger charge is -2.33. The van der Waals surface area contributed by atoms with Gasteiger partial charge in [-0.2, -0.15) is 0 Å². The summed E-state index contributed by atoms with van der Waals surface area (Å²) in [5.41, 5.74) is 0.232. The fourth-order valence-electron chi connectivity index (χ4n) is 7.92. The van der Waals surface area contributed by atoms with Crippen LogP contribution in [-0.2, 0) is 39.8 Å². The fraction of sp³-hybridized carbons (Fsp3) is 0.676. The van der Waals surface area contributed by atoms with Crippen LogP contribution in [0.25, 0.3) is 0 Å². The van der Waals surface area contributed by atoms with Gasteiger partial charge in [0.05, 0.1) is 26.6 Å². The van der Waals surface area contributed by atoms with E-state index in [0.717, 1.165) is 68.3 Å². The van der Waals surface area contributed by atoms with Crippen LogP contribution in [0.3, 0.4) is 0 Å². The highest BCUT2D eigenvalue weighted by Crippen LogP contribution is 2.52. The van der Waals surface area contributed by atoms with Gasteiger partial charge in [-0.3, -0.25) is 14.5 Å². The first-order valence-electron chi connectivity index (χ1n) is 16.2. The van der Waals surface area contributed by atoms with Crippen LogP contribution in [0.1, 0.15) is 88.7 Å². The SMILES string of the molecule is COC(=O)C[C@](O)(CCCC(C)(C)OC(=O)C1CCCC1)C(=O)O[C@@H]1C(OC)=C2CCN3CCc4cc5c(cc4[C@H]1[C@@H]23)OCO5. The quantitative estimate of drug-likeness (QED) is 0.283. The van der Waals surface area contributed by atoms with Crippen LogP contribution in [0.5, 0.6) is 11.5 Å². The first kappa shape index (κ1) is 31.7. The maximum Gasteiger partial charge on any atom is 0.339 e. The standard InChI is InChI=1S/C34H45NO10/c1-33(2,45-31(37)20-8-5-6-9-20)12-7-13-34(39,18-26(36)40-3)32(38)44-30-27-23-17-25-24(42-19-43-25)16-21(23)10-14-35-15-11-22(28(27)35)29(30)41-4/h16-17,20,27-28,30,39H,5-15,18-19H2,1-4H3/t27-,28+,30-,34+/m0/s1. The second-order valence-electron chi connectivity index (χ2n) is 13.6. The summed E-state index contributed by atoms with van der Waals surface area (Å²) in [6, 6.07) is 3.97. The third kappa shape index (κ3) is 6.13. The van der Waals surface area contributed by atoms with Crippen molar-refractivity contribution < 1.29 is 47.9 Å². The van der Waals surface area contributed by atoms with Crippen molar-refractivity contribution in [2.24, 2.45) is 5.92 Å². The molecular weight excluding hydrogens is 582 g/mol. The summed E-state index contributed by atoms with van der Waals surface area (Å²) in [6.07, 6.45) is 4.58. The van der Waals surface area contributed by atoms with Crippen LogP contribution < -0.4 is 9.47 Å². The zero-order valence-corrected chi connectivity index (χ0v) is 26.7. The first-order chi connectivity index (χ1) is 21.5. The average Bonchev–Trinajstić information content (AvgIpc) is 3.79. The van der Waals surface area contributed by atoms with E-state index in [-0.39, 0.29) is 37.1 Å². The van der Waals surface area contributed by atoms with Crippen LogP contribution in [0.4, 0.5) is 0 Å². The van der Waals surface area contributed by atoms with E-state index >= 15 is 0 Å². The second-order valence-corrected chi connectivity index (χ2v) is 13.6. The van der Waals surface area contributed by atoms with Crippen molar-refractivity contribution in [1.82, 2.24) is 4.90 Å². The van der Waals surface area contributed by atoms with Gasteiger partial charge in [-0.1, -0.05) is 12.8 Å². The molecule has 0 spiro atoms. The summed E-state index contributed by atoms with van der Waals surface area (Å²) >= 11 is 0. The predicted octanol–water partition coefficient (Wildman–Crippen LogP) is 3.93. The van der Waals surface area contributed by atoms with Gasteiger partial charge in [0.1, 0.15) is 11.4 Å². The number of carbonyl (C=O) groups excluding carboxylic acids is 3. The summed E-state index contributed by atoms with van der Waals surface area (Å²) < 4.78 is 34.2. The van der Waals surface area contributed by atoms with Gasteiger partial charge in [-0.05, 0) is 87.6 Å². The molecule has 45 heavy (non-hydrogen) atoms. The summed E-state index contributed by atoms with van der Waals surface area (Å²) in [5.74, 6) is -0.260. The van der Waals surface area contributed by atoms with Gasteiger partial charge in [-0.15, -0.1) is 0 Å². The normalized spacial score (nSPS) is 25.3. The molecule has 5 aliphatic rings. The van der Waals surface area contributed by atoms with Crippen LogP contribution in [0.15, 0.2) is 23.5 Å². The van der Waals surface area contributed by atoms with E-state index in [1.54, 1.807) is 7.11 Å². The number of aliphatic hydroxyl groups is 1. The minimum atomic E-state index is -2.15. The summed E-state index contributed by atoms with van der Waals surface area (Å²) in [5, 5.41) is 11.8. The van der Waals surface area contributed by atoms with Crippen molar-refractivity contribution in [2.75, 3.05) is 34.1 Å². The molecule has 11 heteroatoms. The lowest BCUT2D eigenvalue weighted by Crippen LogP contribution is -2.46. The molecule has 0 unspecified atom stereocenters. The summed E-state index contributed by atoms with van der Waals surface area (Å²) in [6.45, 7) is 5.51. The Hall–Kier alpha value is -3.31. The van der Waals surface area contributed by atoms with Crippen molar-refractivity contribution in [3.8, 4) is 11.5 Å². The minimum absolute atomic E-state index is 0.0246. The lowest BCUT2D eigenvalue weighted by atomic mass is 9.86. The van der Waals surface area contributed by atoms with Crippen molar-refractivity contribution >= 4 is 17.9 Å². The molecule has 2 fully saturated rings. The number of esters is 3. The van der Waals surface area contributed by atoms with Crippen molar-refractivity contribution in [3.05, 3.63) is 34.6 Å². The minimum Gasteiger partial charge on any atom is -0.497 e. The maximum absolute atomic E-state index is 14.0. The Kier molecular flexibility index (Phi) is 8.78.